The van der Waals surface area contributed by atoms with Crippen molar-refractivity contribution < 1.29 is 33.0 Å². The number of aliphatic hydroxyl groups is 1. The minimum Gasteiger partial charge on any atom is -0.490 e. The lowest BCUT2D eigenvalue weighted by Gasteiger charge is -2.28. The van der Waals surface area contributed by atoms with E-state index >= 15 is 0 Å². The van der Waals surface area contributed by atoms with E-state index in [0.29, 0.717) is 49.2 Å². The monoisotopic (exact) mass is 618 g/mol. The van der Waals surface area contributed by atoms with Gasteiger partial charge in [0.05, 0.1) is 6.10 Å². The molecule has 4 rings (SSSR count). The number of ether oxygens (including phenoxy) is 2. The summed E-state index contributed by atoms with van der Waals surface area (Å²) in [4.78, 5) is 27.4. The van der Waals surface area contributed by atoms with Crippen LogP contribution < -0.4 is 9.47 Å². The fourth-order valence-electron chi connectivity index (χ4n) is 5.73. The molecule has 45 heavy (non-hydrogen) atoms. The van der Waals surface area contributed by atoms with Crippen LogP contribution in [-0.4, -0.2) is 61.2 Å². The molecular weight excluding hydrogens is 573 g/mol. The second-order valence-corrected chi connectivity index (χ2v) is 11.6. The Bertz CT molecular complexity index is 1350. The highest BCUT2D eigenvalue weighted by molar-refractivity contribution is 5.96. The maximum Gasteiger partial charge on any atom is 0.351 e. The number of para-hydroxylation sites is 1. The number of likely N-dealkylation sites (tertiary alicyclic amines) is 1. The van der Waals surface area contributed by atoms with Crippen LogP contribution >= 0.6 is 0 Å². The van der Waals surface area contributed by atoms with Crippen LogP contribution in [0.25, 0.3) is 0 Å². The van der Waals surface area contributed by atoms with Crippen molar-refractivity contribution in [2.45, 2.75) is 63.9 Å². The van der Waals surface area contributed by atoms with Crippen LogP contribution in [0.4, 0.5) is 4.39 Å². The molecule has 240 valence electrons. The average molecular weight is 619 g/mol. The second kappa shape index (κ2) is 18.2. The molecule has 1 N–H and O–H groups in total. The molecule has 1 aliphatic rings. The number of hydrogen-bond acceptors (Lipinski definition) is 6. The van der Waals surface area contributed by atoms with Gasteiger partial charge in [0.25, 0.3) is 6.79 Å². The predicted octanol–water partition coefficient (Wildman–Crippen LogP) is 7.29. The first kappa shape index (κ1) is 34.0. The van der Waals surface area contributed by atoms with Crippen LogP contribution in [0, 0.1) is 11.7 Å². The van der Waals surface area contributed by atoms with Crippen molar-refractivity contribution in [3.05, 3.63) is 89.7 Å². The molecule has 1 aliphatic heterocycles. The molecule has 0 radical (unpaired) electrons. The summed E-state index contributed by atoms with van der Waals surface area (Å²) < 4.78 is 29.8. The van der Waals surface area contributed by atoms with Crippen molar-refractivity contribution in [1.29, 1.82) is 0 Å². The number of carbonyl (C=O) groups is 2. The first-order valence-corrected chi connectivity index (χ1v) is 16.0. The summed E-state index contributed by atoms with van der Waals surface area (Å²) in [5.74, 6) is 1.32. The summed E-state index contributed by atoms with van der Waals surface area (Å²) in [5, 5.41) is 11.4. The van der Waals surface area contributed by atoms with E-state index in [2.05, 4.69) is 11.7 Å². The molecule has 3 aromatic rings. The van der Waals surface area contributed by atoms with E-state index in [-0.39, 0.29) is 36.4 Å². The topological polar surface area (TPSA) is 87.4 Å². The van der Waals surface area contributed by atoms with Crippen molar-refractivity contribution >= 4 is 18.4 Å². The van der Waals surface area contributed by atoms with Crippen LogP contribution in [-0.2, 0) is 9.22 Å². The Morgan fingerprint density at radius 3 is 2.24 bits per heavy atom. The quantitative estimate of drug-likeness (QED) is 0.0813. The van der Waals surface area contributed by atoms with Gasteiger partial charge in [0, 0.05) is 49.4 Å². The number of hydrogen-bond donors (Lipinski definition) is 1. The molecule has 1 fully saturated rings. The third-order valence-electron chi connectivity index (χ3n) is 8.29. The van der Waals surface area contributed by atoms with E-state index in [1.165, 1.54) is 18.9 Å². The smallest absolute Gasteiger partial charge is 0.351 e. The lowest BCUT2D eigenvalue weighted by molar-refractivity contribution is -0.354. The summed E-state index contributed by atoms with van der Waals surface area (Å²) in [7, 11) is 0. The number of unbranched alkanes of at least 4 members (excludes halogenated alkanes) is 1. The van der Waals surface area contributed by atoms with Gasteiger partial charge < -0.3 is 19.5 Å². The fourth-order valence-corrected chi connectivity index (χ4v) is 5.73. The Hall–Kier alpha value is -3.88. The van der Waals surface area contributed by atoms with Crippen LogP contribution in [0.1, 0.15) is 79.8 Å². The lowest BCUT2D eigenvalue weighted by atomic mass is 9.89. The van der Waals surface area contributed by atoms with Gasteiger partial charge in [-0.25, -0.2) is 8.82 Å². The molecule has 0 aliphatic carbocycles. The van der Waals surface area contributed by atoms with Gasteiger partial charge in [-0.3, -0.25) is 9.59 Å². The summed E-state index contributed by atoms with van der Waals surface area (Å²) in [6, 6.07) is 20.6. The molecule has 0 bridgehead atoms. The number of benzene rings is 3. The third-order valence-corrected chi connectivity index (χ3v) is 8.29. The van der Waals surface area contributed by atoms with Gasteiger partial charge in [0.1, 0.15) is 24.7 Å². The molecule has 7 nitrogen and oxygen atoms in total. The van der Waals surface area contributed by atoms with Crippen molar-refractivity contribution in [2.75, 3.05) is 32.8 Å². The molecule has 0 aromatic heterocycles. The Morgan fingerprint density at radius 2 is 1.53 bits per heavy atom. The van der Waals surface area contributed by atoms with Gasteiger partial charge in [-0.2, -0.15) is 0 Å². The number of nitrogens with zero attached hydrogens (tertiary/aromatic N) is 1. The first-order chi connectivity index (χ1) is 21.9. The summed E-state index contributed by atoms with van der Waals surface area (Å²) in [6.07, 6.45) is 5.88. The molecule has 2 atom stereocenters. The number of ketones is 2. The standard InChI is InChI=1S/C37H45FNO6/c1-43-32-19-15-28(16-20-32)35(41)13-4-2-10-31(40)11-8-9-30(27-39-23-6-7-24-39)37(42)29-17-21-33(22-18-29)44-25-26-45-36-14-5-3-12-34(36)38/h3,5,12,14-22,30,37,42H,1-2,4,6-11,13,23-27H2/q+1. The summed E-state index contributed by atoms with van der Waals surface area (Å²) >= 11 is 0. The van der Waals surface area contributed by atoms with E-state index in [1.807, 2.05) is 24.3 Å². The molecule has 8 heteroatoms. The van der Waals surface area contributed by atoms with Crippen LogP contribution in [0.5, 0.6) is 17.2 Å². The number of carbonyl (C=O) groups excluding carboxylic acids is 3. The molecule has 1 heterocycles. The Balaban J connectivity index is 1.19. The second-order valence-electron chi connectivity index (χ2n) is 11.6. The maximum atomic E-state index is 13.7. The van der Waals surface area contributed by atoms with E-state index in [4.69, 9.17) is 13.9 Å². The van der Waals surface area contributed by atoms with Gasteiger partial charge in [0.2, 0.25) is 0 Å². The Labute approximate surface area is 265 Å². The van der Waals surface area contributed by atoms with Gasteiger partial charge >= 0.3 is 5.75 Å². The third kappa shape index (κ3) is 11.2. The molecule has 3 aromatic carbocycles. The zero-order chi connectivity index (χ0) is 31.9. The van der Waals surface area contributed by atoms with E-state index in [9.17, 15) is 19.1 Å². The molecule has 0 spiro atoms. The number of aliphatic hydroxyl groups excluding tert-OH is 1. The number of rotatable bonds is 20. The Morgan fingerprint density at radius 1 is 0.867 bits per heavy atom. The fraction of sp³-hybridized carbons (Fsp3) is 0.432. The summed E-state index contributed by atoms with van der Waals surface area (Å²) in [5.41, 5.74) is 1.46. The van der Waals surface area contributed by atoms with E-state index in [1.54, 1.807) is 42.5 Å². The SMILES string of the molecule is C=[O+]c1ccc(C(=O)CCCCC(=O)CCCC(CN2CCCC2)C(O)c2ccc(OCCOc3ccccc3F)cc2)cc1. The van der Waals surface area contributed by atoms with E-state index in [0.717, 1.165) is 38.0 Å². The zero-order valence-corrected chi connectivity index (χ0v) is 26.0. The molecule has 2 unspecified atom stereocenters. The zero-order valence-electron chi connectivity index (χ0n) is 26.0. The molecule has 0 amide bonds. The number of Topliss-reactive ketones (excluding diaryl/α,β-unsaturated/α-hetero) is 2. The van der Waals surface area contributed by atoms with Crippen molar-refractivity contribution in [3.63, 3.8) is 0 Å². The van der Waals surface area contributed by atoms with Gasteiger partial charge in [-0.1, -0.05) is 24.3 Å². The minimum absolute atomic E-state index is 0.00902. The maximum absolute atomic E-state index is 13.7. The van der Waals surface area contributed by atoms with Crippen LogP contribution in [0.3, 0.4) is 0 Å². The van der Waals surface area contributed by atoms with Crippen molar-refractivity contribution in [2.24, 2.45) is 5.92 Å². The van der Waals surface area contributed by atoms with Crippen molar-refractivity contribution in [3.8, 4) is 17.2 Å². The molecule has 0 saturated carbocycles. The number of halogens is 1. The molecule has 1 saturated heterocycles. The first-order valence-electron chi connectivity index (χ1n) is 16.0. The van der Waals surface area contributed by atoms with Gasteiger partial charge in [-0.15, -0.1) is 0 Å². The lowest BCUT2D eigenvalue weighted by Crippen LogP contribution is -2.30. The minimum atomic E-state index is -0.653. The Kier molecular flexibility index (Phi) is 13.7. The van der Waals surface area contributed by atoms with Crippen molar-refractivity contribution in [1.82, 2.24) is 4.90 Å². The normalized spacial score (nSPS) is 14.5. The highest BCUT2D eigenvalue weighted by atomic mass is 19.1. The predicted molar refractivity (Wildman–Crippen MR) is 173 cm³/mol. The van der Waals surface area contributed by atoms with Crippen LogP contribution in [0.15, 0.2) is 72.8 Å². The van der Waals surface area contributed by atoms with E-state index < -0.39 is 11.9 Å². The average Bonchev–Trinajstić information content (AvgIpc) is 3.58. The molecular formula is C37H45FNO6+. The van der Waals surface area contributed by atoms with Crippen LogP contribution in [0.2, 0.25) is 0 Å². The highest BCUT2D eigenvalue weighted by Crippen LogP contribution is 2.30. The highest BCUT2D eigenvalue weighted by Gasteiger charge is 2.25. The largest absolute Gasteiger partial charge is 0.490 e. The van der Waals surface area contributed by atoms with Gasteiger partial charge in [0.15, 0.2) is 17.3 Å². The van der Waals surface area contributed by atoms with Gasteiger partial charge in [-0.05, 0) is 93.6 Å². The summed E-state index contributed by atoms with van der Waals surface area (Å²) in [6.45, 7) is 6.70.